The van der Waals surface area contributed by atoms with Crippen LogP contribution in [-0.2, 0) is 0 Å². The molecule has 0 heterocycles. The van der Waals surface area contributed by atoms with Crippen LogP contribution in [0.1, 0.15) is 44.2 Å². The Morgan fingerprint density at radius 1 is 1.10 bits per heavy atom. The van der Waals surface area contributed by atoms with E-state index in [0.717, 1.165) is 16.3 Å². The highest BCUT2D eigenvalue weighted by atomic mass is 16.3. The van der Waals surface area contributed by atoms with E-state index in [1.807, 2.05) is 24.3 Å². The fourth-order valence-corrected chi connectivity index (χ4v) is 3.46. The molecule has 1 saturated carbocycles. The van der Waals surface area contributed by atoms with Gasteiger partial charge in [-0.05, 0) is 32.2 Å². The Hall–Kier alpha value is -1.54. The summed E-state index contributed by atoms with van der Waals surface area (Å²) in [6.45, 7) is 2.20. The maximum absolute atomic E-state index is 10.6. The summed E-state index contributed by atoms with van der Waals surface area (Å²) in [6.07, 6.45) is 5.25. The van der Waals surface area contributed by atoms with E-state index in [1.54, 1.807) is 0 Å². The fourth-order valence-electron chi connectivity index (χ4n) is 3.46. The van der Waals surface area contributed by atoms with Crippen molar-refractivity contribution in [3.63, 3.8) is 0 Å². The van der Waals surface area contributed by atoms with Gasteiger partial charge < -0.3 is 5.11 Å². The summed E-state index contributed by atoms with van der Waals surface area (Å²) in [4.78, 5) is 2.43. The van der Waals surface area contributed by atoms with Crippen LogP contribution in [-0.4, -0.2) is 23.1 Å². The van der Waals surface area contributed by atoms with E-state index in [2.05, 4.69) is 31.0 Å². The molecule has 1 aliphatic carbocycles. The molecule has 0 aromatic heterocycles. The van der Waals surface area contributed by atoms with Crippen molar-refractivity contribution in [2.45, 2.75) is 44.7 Å². The first kappa shape index (κ1) is 13.4. The first-order valence-corrected chi connectivity index (χ1v) is 7.61. The first-order chi connectivity index (χ1) is 9.68. The van der Waals surface area contributed by atoms with Gasteiger partial charge in [0.15, 0.2) is 0 Å². The Bertz CT molecular complexity index is 601. The molecule has 0 spiro atoms. The molecule has 1 unspecified atom stereocenters. The molecule has 0 amide bonds. The zero-order valence-corrected chi connectivity index (χ0v) is 12.3. The molecule has 1 fully saturated rings. The van der Waals surface area contributed by atoms with Crippen LogP contribution in [0, 0.1) is 0 Å². The van der Waals surface area contributed by atoms with Gasteiger partial charge in [-0.2, -0.15) is 0 Å². The highest BCUT2D eigenvalue weighted by Crippen LogP contribution is 2.36. The summed E-state index contributed by atoms with van der Waals surface area (Å²) in [7, 11) is 2.19. The summed E-state index contributed by atoms with van der Waals surface area (Å²) in [5.41, 5.74) is 1.04. The second kappa shape index (κ2) is 5.45. The molecule has 2 heteroatoms. The number of hydrogen-bond donors (Lipinski definition) is 1. The number of fused-ring (bicyclic) bond motifs is 1. The van der Waals surface area contributed by atoms with Gasteiger partial charge in [0.05, 0.1) is 0 Å². The highest BCUT2D eigenvalue weighted by molar-refractivity contribution is 5.89. The number of phenolic OH excluding ortho intramolecular Hbond substituents is 1. The number of rotatable bonds is 3. The average molecular weight is 269 g/mol. The number of phenols is 1. The molecule has 106 valence electrons. The predicted octanol–water partition coefficient (Wildman–Crippen LogP) is 4.48. The van der Waals surface area contributed by atoms with Crippen LogP contribution in [0.3, 0.4) is 0 Å². The Kier molecular flexibility index (Phi) is 3.66. The van der Waals surface area contributed by atoms with Crippen molar-refractivity contribution in [3.8, 4) is 5.75 Å². The van der Waals surface area contributed by atoms with Gasteiger partial charge >= 0.3 is 0 Å². The Balaban J connectivity index is 1.94. The first-order valence-electron chi connectivity index (χ1n) is 7.61. The molecule has 0 bridgehead atoms. The molecule has 1 atom stereocenters. The lowest BCUT2D eigenvalue weighted by Crippen LogP contribution is -2.31. The van der Waals surface area contributed by atoms with Crippen molar-refractivity contribution < 1.29 is 5.11 Å². The van der Waals surface area contributed by atoms with Crippen LogP contribution in [0.15, 0.2) is 36.4 Å². The lowest BCUT2D eigenvalue weighted by atomic mass is 9.99. The summed E-state index contributed by atoms with van der Waals surface area (Å²) in [5, 5.41) is 12.6. The van der Waals surface area contributed by atoms with E-state index in [-0.39, 0.29) is 6.04 Å². The van der Waals surface area contributed by atoms with Gasteiger partial charge in [0, 0.05) is 23.0 Å². The van der Waals surface area contributed by atoms with E-state index in [1.165, 1.54) is 25.7 Å². The number of hydrogen-bond acceptors (Lipinski definition) is 2. The predicted molar refractivity (Wildman–Crippen MR) is 84.0 cm³/mol. The third kappa shape index (κ3) is 2.29. The van der Waals surface area contributed by atoms with Crippen molar-refractivity contribution in [2.24, 2.45) is 0 Å². The number of nitrogens with zero attached hydrogens (tertiary/aromatic N) is 1. The van der Waals surface area contributed by atoms with Gasteiger partial charge in [-0.1, -0.05) is 49.2 Å². The second-order valence-electron chi connectivity index (χ2n) is 6.00. The van der Waals surface area contributed by atoms with E-state index >= 15 is 0 Å². The molecule has 1 N–H and O–H groups in total. The Morgan fingerprint density at radius 3 is 2.55 bits per heavy atom. The quantitative estimate of drug-likeness (QED) is 0.888. The number of aromatic hydroxyl groups is 1. The van der Waals surface area contributed by atoms with Crippen molar-refractivity contribution in [2.75, 3.05) is 7.05 Å². The molecule has 2 aromatic rings. The van der Waals surface area contributed by atoms with Crippen molar-refractivity contribution in [1.82, 2.24) is 4.90 Å². The van der Waals surface area contributed by atoms with E-state index < -0.39 is 0 Å². The molecule has 0 aliphatic heterocycles. The summed E-state index contributed by atoms with van der Waals surface area (Å²) >= 11 is 0. The minimum atomic E-state index is 0.253. The fraction of sp³-hybridized carbons (Fsp3) is 0.444. The van der Waals surface area contributed by atoms with Gasteiger partial charge in [-0.3, -0.25) is 4.90 Å². The van der Waals surface area contributed by atoms with Crippen LogP contribution in [0.5, 0.6) is 5.75 Å². The molecule has 20 heavy (non-hydrogen) atoms. The summed E-state index contributed by atoms with van der Waals surface area (Å²) in [6, 6.07) is 13.1. The third-order valence-corrected chi connectivity index (χ3v) is 4.89. The topological polar surface area (TPSA) is 23.5 Å². The monoisotopic (exact) mass is 269 g/mol. The van der Waals surface area contributed by atoms with Crippen molar-refractivity contribution in [3.05, 3.63) is 42.0 Å². The van der Waals surface area contributed by atoms with Crippen LogP contribution in [0.2, 0.25) is 0 Å². The van der Waals surface area contributed by atoms with E-state index in [4.69, 9.17) is 0 Å². The zero-order valence-electron chi connectivity index (χ0n) is 12.3. The SMILES string of the molecule is CC(c1ccc2ccccc2c1O)N(C)C1CCCC1. The molecule has 3 rings (SSSR count). The van der Waals surface area contributed by atoms with E-state index in [9.17, 15) is 5.11 Å². The van der Waals surface area contributed by atoms with Crippen LogP contribution >= 0.6 is 0 Å². The molecule has 0 saturated heterocycles. The Morgan fingerprint density at radius 2 is 1.80 bits per heavy atom. The largest absolute Gasteiger partial charge is 0.507 e. The Labute approximate surface area is 121 Å². The van der Waals surface area contributed by atoms with Gasteiger partial charge in [0.2, 0.25) is 0 Å². The van der Waals surface area contributed by atoms with Crippen molar-refractivity contribution in [1.29, 1.82) is 0 Å². The molecule has 2 nitrogen and oxygen atoms in total. The lowest BCUT2D eigenvalue weighted by Gasteiger charge is -2.31. The standard InChI is InChI=1S/C18H23NO/c1-13(19(2)15-8-4-5-9-15)16-12-11-14-7-3-6-10-17(14)18(16)20/h3,6-7,10-13,15,20H,4-5,8-9H2,1-2H3. The number of benzene rings is 2. The minimum Gasteiger partial charge on any atom is -0.507 e. The van der Waals surface area contributed by atoms with Gasteiger partial charge in [0.1, 0.15) is 5.75 Å². The molecule has 1 aliphatic rings. The second-order valence-corrected chi connectivity index (χ2v) is 6.00. The normalized spacial score (nSPS) is 17.9. The summed E-state index contributed by atoms with van der Waals surface area (Å²) < 4.78 is 0. The smallest absolute Gasteiger partial charge is 0.128 e. The third-order valence-electron chi connectivity index (χ3n) is 4.89. The zero-order chi connectivity index (χ0) is 14.1. The molecule has 0 radical (unpaired) electrons. The van der Waals surface area contributed by atoms with Crippen LogP contribution in [0.25, 0.3) is 10.8 Å². The van der Waals surface area contributed by atoms with Gasteiger partial charge in [0.25, 0.3) is 0 Å². The molecule has 2 aromatic carbocycles. The maximum Gasteiger partial charge on any atom is 0.128 e. The van der Waals surface area contributed by atoms with E-state index in [0.29, 0.717) is 11.8 Å². The lowest BCUT2D eigenvalue weighted by molar-refractivity contribution is 0.185. The van der Waals surface area contributed by atoms with Crippen molar-refractivity contribution >= 4 is 10.8 Å². The molecular weight excluding hydrogens is 246 g/mol. The maximum atomic E-state index is 10.6. The minimum absolute atomic E-state index is 0.253. The van der Waals surface area contributed by atoms with Gasteiger partial charge in [-0.25, -0.2) is 0 Å². The van der Waals surface area contributed by atoms with Gasteiger partial charge in [-0.15, -0.1) is 0 Å². The summed E-state index contributed by atoms with van der Waals surface area (Å²) in [5.74, 6) is 0.445. The van der Waals surface area contributed by atoms with Crippen LogP contribution < -0.4 is 0 Å². The van der Waals surface area contributed by atoms with Crippen LogP contribution in [0.4, 0.5) is 0 Å². The highest BCUT2D eigenvalue weighted by Gasteiger charge is 2.25. The average Bonchev–Trinajstić information content (AvgIpc) is 3.01. The molecular formula is C18H23NO.